The molecule has 0 radical (unpaired) electrons. The fourth-order valence-electron chi connectivity index (χ4n) is 2.55. The molecular weight excluding hydrogens is 278 g/mol. The number of ether oxygens (including phenoxy) is 2. The molecule has 1 heterocycles. The van der Waals surface area contributed by atoms with E-state index in [2.05, 4.69) is 4.57 Å². The number of hydrogen-bond donors (Lipinski definition) is 1. The molecule has 3 aromatic rings. The van der Waals surface area contributed by atoms with E-state index in [1.807, 2.05) is 42.5 Å². The number of nitrogens with two attached hydrogens (primary N) is 1. The second-order valence-electron chi connectivity index (χ2n) is 5.11. The van der Waals surface area contributed by atoms with Crippen LogP contribution in [0, 0.1) is 0 Å². The van der Waals surface area contributed by atoms with Crippen molar-refractivity contribution in [2.24, 2.45) is 0 Å². The van der Waals surface area contributed by atoms with Gasteiger partial charge in [0, 0.05) is 13.5 Å². The fraction of sp³-hybridized carbons (Fsp3) is 0.235. The van der Waals surface area contributed by atoms with Crippen molar-refractivity contribution in [3.63, 3.8) is 0 Å². The fourth-order valence-corrected chi connectivity index (χ4v) is 2.55. The van der Waals surface area contributed by atoms with Crippen molar-refractivity contribution in [1.29, 1.82) is 0 Å². The summed E-state index contributed by atoms with van der Waals surface area (Å²) in [5, 5.41) is 0. The average Bonchev–Trinajstić information content (AvgIpc) is 2.88. The third-order valence-electron chi connectivity index (χ3n) is 3.67. The van der Waals surface area contributed by atoms with Crippen LogP contribution in [0.15, 0.2) is 42.5 Å². The van der Waals surface area contributed by atoms with Gasteiger partial charge in [-0.25, -0.2) is 4.98 Å². The van der Waals surface area contributed by atoms with Gasteiger partial charge in [-0.15, -0.1) is 0 Å². The molecule has 22 heavy (non-hydrogen) atoms. The van der Waals surface area contributed by atoms with Crippen LogP contribution in [-0.4, -0.2) is 23.8 Å². The van der Waals surface area contributed by atoms with Crippen molar-refractivity contribution in [3.8, 4) is 5.75 Å². The molecule has 0 aliphatic rings. The van der Waals surface area contributed by atoms with E-state index in [-0.39, 0.29) is 0 Å². The number of anilines is 1. The molecule has 5 nitrogen and oxygen atoms in total. The van der Waals surface area contributed by atoms with Gasteiger partial charge < -0.3 is 19.8 Å². The Morgan fingerprint density at radius 1 is 1.09 bits per heavy atom. The second kappa shape index (κ2) is 6.07. The van der Waals surface area contributed by atoms with Gasteiger partial charge in [0.25, 0.3) is 0 Å². The van der Waals surface area contributed by atoms with E-state index in [4.69, 9.17) is 20.2 Å². The molecule has 0 aliphatic carbocycles. The van der Waals surface area contributed by atoms with Gasteiger partial charge in [0.15, 0.2) is 0 Å². The van der Waals surface area contributed by atoms with Gasteiger partial charge in [-0.1, -0.05) is 18.2 Å². The summed E-state index contributed by atoms with van der Waals surface area (Å²) in [6.07, 6.45) is 0.710. The quantitative estimate of drug-likeness (QED) is 0.736. The number of methoxy groups -OCH3 is 2. The first-order valence-electron chi connectivity index (χ1n) is 7.08. The zero-order valence-corrected chi connectivity index (χ0v) is 12.7. The minimum atomic E-state index is 0.450. The van der Waals surface area contributed by atoms with Gasteiger partial charge in [0.2, 0.25) is 0 Å². The summed E-state index contributed by atoms with van der Waals surface area (Å²) in [6.45, 7) is 0.450. The zero-order valence-electron chi connectivity index (χ0n) is 12.7. The first-order valence-corrected chi connectivity index (χ1v) is 7.08. The molecule has 1 aromatic heterocycles. The Bertz CT molecular complexity index is 778. The van der Waals surface area contributed by atoms with Gasteiger partial charge in [0.1, 0.15) is 23.8 Å². The first-order chi connectivity index (χ1) is 10.7. The minimum absolute atomic E-state index is 0.450. The highest BCUT2D eigenvalue weighted by Crippen LogP contribution is 2.24. The van der Waals surface area contributed by atoms with E-state index in [0.29, 0.717) is 18.8 Å². The predicted octanol–water partition coefficient (Wildman–Crippen LogP) is 2.82. The van der Waals surface area contributed by atoms with E-state index in [9.17, 15) is 0 Å². The lowest BCUT2D eigenvalue weighted by Gasteiger charge is -2.08. The van der Waals surface area contributed by atoms with Crippen LogP contribution < -0.4 is 10.5 Å². The van der Waals surface area contributed by atoms with Crippen LogP contribution >= 0.6 is 0 Å². The van der Waals surface area contributed by atoms with Crippen LogP contribution in [0.1, 0.15) is 11.4 Å². The van der Waals surface area contributed by atoms with Crippen molar-refractivity contribution in [3.05, 3.63) is 53.9 Å². The topological polar surface area (TPSA) is 62.3 Å². The molecule has 3 rings (SSSR count). The highest BCUT2D eigenvalue weighted by Gasteiger charge is 2.12. The molecule has 0 unspecified atom stereocenters. The van der Waals surface area contributed by atoms with Gasteiger partial charge >= 0.3 is 0 Å². The van der Waals surface area contributed by atoms with E-state index in [1.54, 1.807) is 14.2 Å². The second-order valence-corrected chi connectivity index (χ2v) is 5.11. The summed E-state index contributed by atoms with van der Waals surface area (Å²) in [5.41, 5.74) is 9.69. The Labute approximate surface area is 129 Å². The third kappa shape index (κ3) is 2.63. The number of aromatic nitrogens is 2. The Balaban J connectivity index is 2.01. The van der Waals surface area contributed by atoms with E-state index >= 15 is 0 Å². The predicted molar refractivity (Wildman–Crippen MR) is 87.0 cm³/mol. The van der Waals surface area contributed by atoms with E-state index in [0.717, 1.165) is 28.2 Å². The number of fused-ring (bicyclic) bond motifs is 1. The molecular formula is C17H19N3O2. The van der Waals surface area contributed by atoms with Crippen LogP contribution in [-0.2, 0) is 17.9 Å². The number of imidazole rings is 1. The van der Waals surface area contributed by atoms with Crippen LogP contribution in [0.3, 0.4) is 0 Å². The van der Waals surface area contributed by atoms with E-state index < -0.39 is 0 Å². The van der Waals surface area contributed by atoms with Crippen LogP contribution in [0.25, 0.3) is 11.0 Å². The number of para-hydroxylation sites is 1. The summed E-state index contributed by atoms with van der Waals surface area (Å²) in [6, 6.07) is 13.8. The zero-order chi connectivity index (χ0) is 15.5. The largest absolute Gasteiger partial charge is 0.497 e. The standard InChI is InChI=1S/C17H19N3O2/c1-21-11-20-15-5-3-4-14(18)17(15)19-16(20)10-12-6-8-13(22-2)9-7-12/h3-9H,10-11,18H2,1-2H3. The van der Waals surface area contributed by atoms with Crippen molar-refractivity contribution in [1.82, 2.24) is 9.55 Å². The van der Waals surface area contributed by atoms with Gasteiger partial charge in [-0.2, -0.15) is 0 Å². The minimum Gasteiger partial charge on any atom is -0.497 e. The van der Waals surface area contributed by atoms with Crippen LogP contribution in [0.5, 0.6) is 5.75 Å². The SMILES string of the molecule is COCn1c(Cc2ccc(OC)cc2)nc2c(N)cccc21. The number of benzene rings is 2. The smallest absolute Gasteiger partial charge is 0.124 e. The highest BCUT2D eigenvalue weighted by atomic mass is 16.5. The monoisotopic (exact) mass is 297 g/mol. The molecule has 0 atom stereocenters. The lowest BCUT2D eigenvalue weighted by Crippen LogP contribution is -2.06. The molecule has 0 saturated carbocycles. The summed E-state index contributed by atoms with van der Waals surface area (Å²) in [5.74, 6) is 1.78. The van der Waals surface area contributed by atoms with Crippen molar-refractivity contribution < 1.29 is 9.47 Å². The molecule has 0 bridgehead atoms. The Morgan fingerprint density at radius 2 is 1.86 bits per heavy atom. The van der Waals surface area contributed by atoms with Gasteiger partial charge in [0.05, 0.1) is 18.3 Å². The molecule has 0 aliphatic heterocycles. The number of hydrogen-bond acceptors (Lipinski definition) is 4. The molecule has 0 amide bonds. The maximum atomic E-state index is 6.03. The number of nitrogen functional groups attached to an aromatic ring is 1. The molecule has 5 heteroatoms. The van der Waals surface area contributed by atoms with Gasteiger partial charge in [-0.05, 0) is 29.8 Å². The summed E-state index contributed by atoms with van der Waals surface area (Å²) >= 11 is 0. The van der Waals surface area contributed by atoms with Crippen molar-refractivity contribution in [2.75, 3.05) is 20.0 Å². The van der Waals surface area contributed by atoms with Crippen LogP contribution in [0.4, 0.5) is 5.69 Å². The Morgan fingerprint density at radius 3 is 2.55 bits per heavy atom. The average molecular weight is 297 g/mol. The molecule has 114 valence electrons. The lowest BCUT2D eigenvalue weighted by atomic mass is 10.1. The molecule has 0 fully saturated rings. The van der Waals surface area contributed by atoms with Crippen molar-refractivity contribution in [2.45, 2.75) is 13.2 Å². The van der Waals surface area contributed by atoms with Crippen LogP contribution in [0.2, 0.25) is 0 Å². The first kappa shape index (κ1) is 14.4. The number of rotatable bonds is 5. The van der Waals surface area contributed by atoms with Gasteiger partial charge in [-0.3, -0.25) is 0 Å². The molecule has 2 N–H and O–H groups in total. The molecule has 0 spiro atoms. The normalized spacial score (nSPS) is 11.0. The van der Waals surface area contributed by atoms with E-state index in [1.165, 1.54) is 0 Å². The maximum Gasteiger partial charge on any atom is 0.124 e. The lowest BCUT2D eigenvalue weighted by molar-refractivity contribution is 0.132. The Hall–Kier alpha value is -2.53. The highest BCUT2D eigenvalue weighted by molar-refractivity contribution is 5.87. The van der Waals surface area contributed by atoms with Crippen molar-refractivity contribution >= 4 is 16.7 Å². The summed E-state index contributed by atoms with van der Waals surface area (Å²) in [4.78, 5) is 4.70. The Kier molecular flexibility index (Phi) is 3.98. The maximum absolute atomic E-state index is 6.03. The third-order valence-corrected chi connectivity index (χ3v) is 3.67. The summed E-state index contributed by atoms with van der Waals surface area (Å²) in [7, 11) is 3.34. The molecule has 0 saturated heterocycles. The summed E-state index contributed by atoms with van der Waals surface area (Å²) < 4.78 is 12.6. The number of nitrogens with zero attached hydrogens (tertiary/aromatic N) is 2. The molecule has 2 aromatic carbocycles.